The number of amides is 1. The highest BCUT2D eigenvalue weighted by Crippen LogP contribution is 2.36. The van der Waals surface area contributed by atoms with E-state index in [1.165, 1.54) is 6.07 Å². The van der Waals surface area contributed by atoms with Crippen molar-refractivity contribution < 1.29 is 27.2 Å². The molecule has 0 aliphatic carbocycles. The van der Waals surface area contributed by atoms with Crippen LogP contribution in [-0.2, 0) is 22.1 Å². The highest BCUT2D eigenvalue weighted by molar-refractivity contribution is 5.97. The van der Waals surface area contributed by atoms with Crippen molar-refractivity contribution in [3.63, 3.8) is 0 Å². The van der Waals surface area contributed by atoms with Gasteiger partial charge < -0.3 is 19.5 Å². The molecule has 2 aromatic carbocycles. The number of fused-ring (bicyclic) bond motifs is 1. The highest BCUT2D eigenvalue weighted by atomic mass is 19.4. The van der Waals surface area contributed by atoms with E-state index < -0.39 is 17.6 Å². The maximum atomic E-state index is 13.2. The van der Waals surface area contributed by atoms with E-state index in [1.54, 1.807) is 24.3 Å². The third kappa shape index (κ3) is 4.19. The molecule has 0 saturated carbocycles. The van der Waals surface area contributed by atoms with Crippen LogP contribution in [0.5, 0.6) is 0 Å². The molecule has 2 heterocycles. The van der Waals surface area contributed by atoms with E-state index in [0.717, 1.165) is 12.1 Å². The van der Waals surface area contributed by atoms with Crippen LogP contribution in [0.2, 0.25) is 0 Å². The van der Waals surface area contributed by atoms with Gasteiger partial charge in [-0.2, -0.15) is 13.2 Å². The molecular formula is C20H18F3N3O3. The van der Waals surface area contributed by atoms with Gasteiger partial charge in [0.05, 0.1) is 36.6 Å². The summed E-state index contributed by atoms with van der Waals surface area (Å²) in [6, 6.07) is 10.5. The minimum absolute atomic E-state index is 0.111. The predicted molar refractivity (Wildman–Crippen MR) is 101 cm³/mol. The van der Waals surface area contributed by atoms with E-state index in [9.17, 15) is 18.0 Å². The first-order valence-electron chi connectivity index (χ1n) is 9.09. The van der Waals surface area contributed by atoms with Crippen molar-refractivity contribution in [1.82, 2.24) is 5.16 Å². The topological polar surface area (TPSA) is 67.6 Å². The largest absolute Gasteiger partial charge is 0.416 e. The summed E-state index contributed by atoms with van der Waals surface area (Å²) in [6.45, 7) is 2.00. The molecule has 1 saturated heterocycles. The molecule has 1 aliphatic heterocycles. The van der Waals surface area contributed by atoms with Gasteiger partial charge in [0, 0.05) is 18.5 Å². The summed E-state index contributed by atoms with van der Waals surface area (Å²) in [4.78, 5) is 14.5. The summed E-state index contributed by atoms with van der Waals surface area (Å²) in [6.07, 6.45) is -4.62. The fraction of sp³-hybridized carbons (Fsp3) is 0.300. The molecule has 9 heteroatoms. The Balaban J connectivity index is 1.60. The number of benzene rings is 2. The van der Waals surface area contributed by atoms with E-state index in [2.05, 4.69) is 10.5 Å². The van der Waals surface area contributed by atoms with Crippen LogP contribution < -0.4 is 10.2 Å². The molecule has 152 valence electrons. The lowest BCUT2D eigenvalue weighted by molar-refractivity contribution is -0.137. The van der Waals surface area contributed by atoms with Gasteiger partial charge in [-0.15, -0.1) is 0 Å². The molecule has 6 nitrogen and oxygen atoms in total. The van der Waals surface area contributed by atoms with Crippen LogP contribution in [0, 0.1) is 0 Å². The second kappa shape index (κ2) is 7.75. The Hall–Kier alpha value is -3.07. The average Bonchev–Trinajstić information content (AvgIpc) is 3.11. The maximum Gasteiger partial charge on any atom is 0.416 e. The Bertz CT molecular complexity index is 1030. The second-order valence-corrected chi connectivity index (χ2v) is 6.68. The summed E-state index contributed by atoms with van der Waals surface area (Å²) < 4.78 is 50.1. The number of nitrogens with zero attached hydrogens (tertiary/aromatic N) is 2. The Kier molecular flexibility index (Phi) is 5.14. The normalized spacial score (nSPS) is 14.9. The lowest BCUT2D eigenvalue weighted by atomic mass is 10.1. The zero-order valence-corrected chi connectivity index (χ0v) is 15.3. The number of aromatic nitrogens is 1. The molecule has 1 N–H and O–H groups in total. The van der Waals surface area contributed by atoms with Gasteiger partial charge in [0.15, 0.2) is 5.58 Å². The molecule has 0 radical (unpaired) electrons. The summed E-state index contributed by atoms with van der Waals surface area (Å²) >= 11 is 0. The molecule has 29 heavy (non-hydrogen) atoms. The Labute approximate surface area is 164 Å². The molecule has 0 atom stereocenters. The van der Waals surface area contributed by atoms with Crippen molar-refractivity contribution in [2.24, 2.45) is 0 Å². The fourth-order valence-corrected chi connectivity index (χ4v) is 3.30. The minimum atomic E-state index is -4.51. The molecule has 0 bridgehead atoms. The number of carbonyl (C=O) groups is 1. The number of halogens is 3. The highest BCUT2D eigenvalue weighted by Gasteiger charge is 2.32. The Morgan fingerprint density at radius 2 is 1.90 bits per heavy atom. The van der Waals surface area contributed by atoms with Crippen molar-refractivity contribution >= 4 is 28.3 Å². The number of nitrogens with one attached hydrogen (secondary N) is 1. The number of alkyl halides is 3. The zero-order chi connectivity index (χ0) is 20.4. The van der Waals surface area contributed by atoms with Crippen LogP contribution in [0.1, 0.15) is 11.3 Å². The number of hydrogen-bond acceptors (Lipinski definition) is 5. The van der Waals surface area contributed by atoms with Gasteiger partial charge in [-0.25, -0.2) is 0 Å². The number of morpholine rings is 1. The molecule has 1 aromatic heterocycles. The average molecular weight is 405 g/mol. The number of hydrogen-bond donors (Lipinski definition) is 1. The van der Waals surface area contributed by atoms with Crippen LogP contribution in [-0.4, -0.2) is 37.4 Å². The summed E-state index contributed by atoms with van der Waals surface area (Å²) in [5.41, 5.74) is 0.789. The van der Waals surface area contributed by atoms with Gasteiger partial charge in [-0.05, 0) is 30.3 Å². The molecular weight excluding hydrogens is 387 g/mol. The van der Waals surface area contributed by atoms with Gasteiger partial charge in [-0.3, -0.25) is 4.79 Å². The number of carbonyl (C=O) groups excluding carboxylic acids is 1. The standard InChI is InChI=1S/C20H18F3N3O3/c21-20(22,23)13-5-6-17(26-7-9-28-10-8-26)16(11-13)24-19(27)12-15-14-3-1-2-4-18(14)29-25-15/h1-6,11H,7-10,12H2,(H,24,27). The quantitative estimate of drug-likeness (QED) is 0.714. The third-order valence-electron chi connectivity index (χ3n) is 4.73. The zero-order valence-electron chi connectivity index (χ0n) is 15.3. The lowest BCUT2D eigenvalue weighted by Gasteiger charge is -2.31. The third-order valence-corrected chi connectivity index (χ3v) is 4.73. The van der Waals surface area contributed by atoms with Crippen LogP contribution in [0.15, 0.2) is 47.0 Å². The van der Waals surface area contributed by atoms with Crippen LogP contribution >= 0.6 is 0 Å². The van der Waals surface area contributed by atoms with Crippen molar-refractivity contribution in [1.29, 1.82) is 0 Å². The van der Waals surface area contributed by atoms with Crippen molar-refractivity contribution in [2.75, 3.05) is 36.5 Å². The van der Waals surface area contributed by atoms with Gasteiger partial charge in [0.2, 0.25) is 5.91 Å². The van der Waals surface area contributed by atoms with Crippen molar-refractivity contribution in [3.05, 3.63) is 53.7 Å². The number of anilines is 2. The molecule has 0 spiro atoms. The number of para-hydroxylation sites is 1. The molecule has 1 fully saturated rings. The molecule has 3 aromatic rings. The minimum Gasteiger partial charge on any atom is -0.378 e. The van der Waals surface area contributed by atoms with Gasteiger partial charge in [0.1, 0.15) is 5.69 Å². The van der Waals surface area contributed by atoms with E-state index in [-0.39, 0.29) is 12.1 Å². The number of ether oxygens (including phenoxy) is 1. The predicted octanol–water partition coefficient (Wildman–Crippen LogP) is 3.86. The van der Waals surface area contributed by atoms with Crippen LogP contribution in [0.4, 0.5) is 24.5 Å². The van der Waals surface area contributed by atoms with Crippen molar-refractivity contribution in [3.8, 4) is 0 Å². The first kappa shape index (κ1) is 19.3. The van der Waals surface area contributed by atoms with Gasteiger partial charge in [-0.1, -0.05) is 17.3 Å². The van der Waals surface area contributed by atoms with Gasteiger partial charge in [0.25, 0.3) is 0 Å². The maximum absolute atomic E-state index is 13.2. The first-order valence-corrected chi connectivity index (χ1v) is 9.09. The van der Waals surface area contributed by atoms with E-state index >= 15 is 0 Å². The Morgan fingerprint density at radius 3 is 2.66 bits per heavy atom. The Morgan fingerprint density at radius 1 is 1.14 bits per heavy atom. The summed E-state index contributed by atoms with van der Waals surface area (Å²) in [5.74, 6) is -0.474. The molecule has 1 amide bonds. The summed E-state index contributed by atoms with van der Waals surface area (Å²) in [7, 11) is 0. The van der Waals surface area contributed by atoms with Crippen molar-refractivity contribution in [2.45, 2.75) is 12.6 Å². The van der Waals surface area contributed by atoms with E-state index in [1.807, 2.05) is 4.90 Å². The summed E-state index contributed by atoms with van der Waals surface area (Å²) in [5, 5.41) is 7.22. The SMILES string of the molecule is O=C(Cc1noc2ccccc12)Nc1cc(C(F)(F)F)ccc1N1CCOCC1. The van der Waals surface area contributed by atoms with Crippen LogP contribution in [0.25, 0.3) is 11.0 Å². The number of rotatable bonds is 4. The van der Waals surface area contributed by atoms with E-state index in [4.69, 9.17) is 9.26 Å². The van der Waals surface area contributed by atoms with Gasteiger partial charge >= 0.3 is 6.18 Å². The lowest BCUT2D eigenvalue weighted by Crippen LogP contribution is -2.37. The molecule has 0 unspecified atom stereocenters. The first-order chi connectivity index (χ1) is 13.9. The van der Waals surface area contributed by atoms with Crippen LogP contribution in [0.3, 0.4) is 0 Å². The molecule has 1 aliphatic rings. The smallest absolute Gasteiger partial charge is 0.378 e. The second-order valence-electron chi connectivity index (χ2n) is 6.68. The monoisotopic (exact) mass is 405 g/mol. The molecule has 4 rings (SSSR count). The fourth-order valence-electron chi connectivity index (χ4n) is 3.30. The van der Waals surface area contributed by atoms with E-state index in [0.29, 0.717) is 48.7 Å².